The van der Waals surface area contributed by atoms with E-state index in [1.165, 1.54) is 12.1 Å². The Morgan fingerprint density at radius 3 is 2.79 bits per heavy atom. The third kappa shape index (κ3) is 2.15. The highest BCUT2D eigenvalue weighted by molar-refractivity contribution is 6.32. The summed E-state index contributed by atoms with van der Waals surface area (Å²) in [5, 5.41) is 17.4. The number of nitrogen functional groups attached to an aromatic ring is 1. The molecule has 5 heteroatoms. The first-order valence-electron chi connectivity index (χ1n) is 3.74. The van der Waals surface area contributed by atoms with Gasteiger partial charge < -0.3 is 10.8 Å². The summed E-state index contributed by atoms with van der Waals surface area (Å²) in [7, 11) is 0. The van der Waals surface area contributed by atoms with Crippen LogP contribution in [0.3, 0.4) is 0 Å². The van der Waals surface area contributed by atoms with Gasteiger partial charge in [-0.1, -0.05) is 11.6 Å². The maximum atomic E-state index is 10.4. The van der Waals surface area contributed by atoms with Crippen LogP contribution in [0.15, 0.2) is 12.1 Å². The molecule has 0 fully saturated rings. The SMILES string of the molecule is N#Cc1cc(CC(=O)O)c(N)cc1Cl. The number of hydrogen-bond acceptors (Lipinski definition) is 3. The highest BCUT2D eigenvalue weighted by atomic mass is 35.5. The van der Waals surface area contributed by atoms with E-state index >= 15 is 0 Å². The minimum absolute atomic E-state index is 0.211. The van der Waals surface area contributed by atoms with E-state index in [9.17, 15) is 4.79 Å². The van der Waals surface area contributed by atoms with Gasteiger partial charge >= 0.3 is 5.97 Å². The molecule has 0 radical (unpaired) electrons. The summed E-state index contributed by atoms with van der Waals surface area (Å²) < 4.78 is 0. The lowest BCUT2D eigenvalue weighted by Crippen LogP contribution is -2.04. The Labute approximate surface area is 85.5 Å². The molecule has 0 heterocycles. The van der Waals surface area contributed by atoms with E-state index in [0.717, 1.165) is 0 Å². The number of carbonyl (C=O) groups is 1. The van der Waals surface area contributed by atoms with E-state index in [-0.39, 0.29) is 22.7 Å². The number of aliphatic carboxylic acids is 1. The monoisotopic (exact) mass is 210 g/mol. The molecule has 0 aliphatic rings. The van der Waals surface area contributed by atoms with E-state index in [0.29, 0.717) is 5.56 Å². The summed E-state index contributed by atoms with van der Waals surface area (Å²) in [5.41, 5.74) is 6.46. The van der Waals surface area contributed by atoms with E-state index in [1.807, 2.05) is 6.07 Å². The molecule has 0 saturated heterocycles. The summed E-state index contributed by atoms with van der Waals surface area (Å²) in [5.74, 6) is -0.997. The quantitative estimate of drug-likeness (QED) is 0.723. The standard InChI is InChI=1S/C9H7ClN2O2/c10-7-3-8(12)5(2-9(13)14)1-6(7)4-11/h1,3H,2,12H2,(H,13,14). The third-order valence-electron chi connectivity index (χ3n) is 1.69. The summed E-state index contributed by atoms with van der Waals surface area (Å²) in [6, 6.07) is 4.64. The highest BCUT2D eigenvalue weighted by Gasteiger charge is 2.09. The average molecular weight is 211 g/mol. The van der Waals surface area contributed by atoms with Crippen molar-refractivity contribution in [2.45, 2.75) is 6.42 Å². The van der Waals surface area contributed by atoms with Crippen molar-refractivity contribution in [3.8, 4) is 6.07 Å². The van der Waals surface area contributed by atoms with Gasteiger partial charge in [0.2, 0.25) is 0 Å². The molecule has 0 amide bonds. The van der Waals surface area contributed by atoms with Crippen molar-refractivity contribution in [1.29, 1.82) is 5.26 Å². The molecule has 1 rings (SSSR count). The second kappa shape index (κ2) is 3.99. The highest BCUT2D eigenvalue weighted by Crippen LogP contribution is 2.23. The molecule has 0 atom stereocenters. The van der Waals surface area contributed by atoms with Crippen LogP contribution in [0.1, 0.15) is 11.1 Å². The van der Waals surface area contributed by atoms with Crippen LogP contribution in [0, 0.1) is 11.3 Å². The Kier molecular flexibility index (Phi) is 2.95. The fourth-order valence-electron chi connectivity index (χ4n) is 1.04. The van der Waals surface area contributed by atoms with E-state index in [2.05, 4.69) is 0 Å². The van der Waals surface area contributed by atoms with Gasteiger partial charge in [0.15, 0.2) is 0 Å². The normalized spacial score (nSPS) is 9.43. The number of rotatable bonds is 2. The van der Waals surface area contributed by atoms with E-state index in [4.69, 9.17) is 27.7 Å². The molecule has 4 nitrogen and oxygen atoms in total. The number of nitrogens with zero attached hydrogens (tertiary/aromatic N) is 1. The largest absolute Gasteiger partial charge is 0.481 e. The third-order valence-corrected chi connectivity index (χ3v) is 2.00. The van der Waals surface area contributed by atoms with Gasteiger partial charge in [0.1, 0.15) is 6.07 Å². The molecule has 72 valence electrons. The summed E-state index contributed by atoms with van der Waals surface area (Å²) in [6.45, 7) is 0. The van der Waals surface area contributed by atoms with Gasteiger partial charge in [-0.2, -0.15) is 5.26 Å². The topological polar surface area (TPSA) is 87.1 Å². The van der Waals surface area contributed by atoms with Crippen molar-refractivity contribution in [2.75, 3.05) is 5.73 Å². The first-order chi connectivity index (χ1) is 6.54. The van der Waals surface area contributed by atoms with Crippen LogP contribution < -0.4 is 5.73 Å². The van der Waals surface area contributed by atoms with Crippen LogP contribution in [-0.4, -0.2) is 11.1 Å². The van der Waals surface area contributed by atoms with Crippen LogP contribution in [0.2, 0.25) is 5.02 Å². The van der Waals surface area contributed by atoms with Gasteiger partial charge in [-0.25, -0.2) is 0 Å². The predicted octanol–water partition coefficient (Wildman–Crippen LogP) is 1.42. The minimum Gasteiger partial charge on any atom is -0.481 e. The maximum Gasteiger partial charge on any atom is 0.307 e. The van der Waals surface area contributed by atoms with Gasteiger partial charge in [0.05, 0.1) is 17.0 Å². The number of carboxylic acids is 1. The Balaban J connectivity index is 3.19. The first kappa shape index (κ1) is 10.4. The number of nitrogens with two attached hydrogens (primary N) is 1. The molecule has 1 aromatic rings. The predicted molar refractivity (Wildman–Crippen MR) is 51.9 cm³/mol. The van der Waals surface area contributed by atoms with Gasteiger partial charge in [0.25, 0.3) is 0 Å². The molecule has 0 aromatic heterocycles. The Morgan fingerprint density at radius 2 is 2.29 bits per heavy atom. The van der Waals surface area contributed by atoms with Crippen LogP contribution in [0.5, 0.6) is 0 Å². The second-order valence-electron chi connectivity index (χ2n) is 2.71. The number of carboxylic acid groups (broad SMARTS) is 1. The molecule has 3 N–H and O–H groups in total. The van der Waals surface area contributed by atoms with Gasteiger partial charge in [-0.05, 0) is 17.7 Å². The zero-order chi connectivity index (χ0) is 10.7. The van der Waals surface area contributed by atoms with Crippen molar-refractivity contribution in [1.82, 2.24) is 0 Å². The zero-order valence-electron chi connectivity index (χ0n) is 7.12. The number of nitriles is 1. The summed E-state index contributed by atoms with van der Waals surface area (Å²) >= 11 is 5.69. The number of benzene rings is 1. The van der Waals surface area contributed by atoms with Crippen molar-refractivity contribution >= 4 is 23.3 Å². The first-order valence-corrected chi connectivity index (χ1v) is 4.12. The summed E-state index contributed by atoms with van der Waals surface area (Å²) in [4.78, 5) is 10.4. The molecule has 14 heavy (non-hydrogen) atoms. The lowest BCUT2D eigenvalue weighted by atomic mass is 10.1. The molecule has 0 aliphatic heterocycles. The molecule has 0 aliphatic carbocycles. The van der Waals surface area contributed by atoms with Crippen LogP contribution in [0.4, 0.5) is 5.69 Å². The lowest BCUT2D eigenvalue weighted by molar-refractivity contribution is -0.136. The zero-order valence-corrected chi connectivity index (χ0v) is 7.88. The fourth-order valence-corrected chi connectivity index (χ4v) is 1.25. The van der Waals surface area contributed by atoms with Crippen LogP contribution >= 0.6 is 11.6 Å². The van der Waals surface area contributed by atoms with Crippen molar-refractivity contribution < 1.29 is 9.90 Å². The average Bonchev–Trinajstić information content (AvgIpc) is 2.09. The summed E-state index contributed by atoms with van der Waals surface area (Å²) in [6.07, 6.45) is -0.211. The van der Waals surface area contributed by atoms with Gasteiger partial charge in [-0.15, -0.1) is 0 Å². The Hall–Kier alpha value is -1.73. The Bertz CT molecular complexity index is 424. The molecular formula is C9H7ClN2O2. The minimum atomic E-state index is -0.997. The van der Waals surface area contributed by atoms with E-state index in [1.54, 1.807) is 0 Å². The van der Waals surface area contributed by atoms with Crippen LogP contribution in [0.25, 0.3) is 0 Å². The van der Waals surface area contributed by atoms with Crippen molar-refractivity contribution in [3.05, 3.63) is 28.3 Å². The number of hydrogen-bond donors (Lipinski definition) is 2. The molecule has 0 bridgehead atoms. The second-order valence-corrected chi connectivity index (χ2v) is 3.12. The van der Waals surface area contributed by atoms with E-state index < -0.39 is 5.97 Å². The molecule has 0 spiro atoms. The molecule has 0 saturated carbocycles. The molecule has 1 aromatic carbocycles. The van der Waals surface area contributed by atoms with Crippen molar-refractivity contribution in [3.63, 3.8) is 0 Å². The number of halogens is 1. The van der Waals surface area contributed by atoms with Crippen molar-refractivity contribution in [2.24, 2.45) is 0 Å². The molecule has 0 unspecified atom stereocenters. The Morgan fingerprint density at radius 1 is 1.64 bits per heavy atom. The van der Waals surface area contributed by atoms with Gasteiger partial charge in [-0.3, -0.25) is 4.79 Å². The van der Waals surface area contributed by atoms with Gasteiger partial charge in [0, 0.05) is 5.69 Å². The molecular weight excluding hydrogens is 204 g/mol. The van der Waals surface area contributed by atoms with Crippen LogP contribution in [-0.2, 0) is 11.2 Å². The maximum absolute atomic E-state index is 10.4. The number of anilines is 1. The fraction of sp³-hybridized carbons (Fsp3) is 0.111. The smallest absolute Gasteiger partial charge is 0.307 e. The lowest BCUT2D eigenvalue weighted by Gasteiger charge is -2.04.